The molecule has 1 aromatic heterocycles. The zero-order valence-electron chi connectivity index (χ0n) is 13.1. The number of fused-ring (bicyclic) bond motifs is 2. The molecule has 24 heavy (non-hydrogen) atoms. The van der Waals surface area contributed by atoms with Crippen molar-refractivity contribution in [3.05, 3.63) is 75.8 Å². The molecule has 0 N–H and O–H groups in total. The first-order valence-electron chi connectivity index (χ1n) is 7.67. The smallest absolute Gasteiger partial charge is 0.282 e. The van der Waals surface area contributed by atoms with E-state index in [-0.39, 0.29) is 5.56 Å². The van der Waals surface area contributed by atoms with Crippen molar-refractivity contribution < 1.29 is 4.74 Å². The lowest BCUT2D eigenvalue weighted by atomic mass is 10.1. The molecule has 0 atom stereocenters. The van der Waals surface area contributed by atoms with Crippen LogP contribution < -0.4 is 10.3 Å². The topological polar surface area (TPSA) is 56.5 Å². The Bertz CT molecular complexity index is 1050. The van der Waals surface area contributed by atoms with Crippen LogP contribution in [0.15, 0.2) is 64.0 Å². The Morgan fingerprint density at radius 3 is 2.88 bits per heavy atom. The second kappa shape index (κ2) is 5.77. The summed E-state index contributed by atoms with van der Waals surface area (Å²) in [5, 5.41) is 4.88. The van der Waals surface area contributed by atoms with Gasteiger partial charge in [0.1, 0.15) is 18.2 Å². The van der Waals surface area contributed by atoms with Gasteiger partial charge in [-0.25, -0.2) is 4.98 Å². The molecule has 4 rings (SSSR count). The molecule has 0 fully saturated rings. The van der Waals surface area contributed by atoms with Crippen LogP contribution in [0.1, 0.15) is 11.4 Å². The Morgan fingerprint density at radius 1 is 1.17 bits per heavy atom. The van der Waals surface area contributed by atoms with Gasteiger partial charge < -0.3 is 4.74 Å². The van der Waals surface area contributed by atoms with Crippen molar-refractivity contribution in [2.45, 2.75) is 6.92 Å². The summed E-state index contributed by atoms with van der Waals surface area (Å²) >= 11 is 0. The van der Waals surface area contributed by atoms with Crippen LogP contribution >= 0.6 is 0 Å². The van der Waals surface area contributed by atoms with E-state index in [1.807, 2.05) is 48.5 Å². The van der Waals surface area contributed by atoms with E-state index in [2.05, 4.69) is 10.1 Å². The van der Waals surface area contributed by atoms with Crippen molar-refractivity contribution in [1.82, 2.24) is 9.66 Å². The molecule has 0 radical (unpaired) electrons. The molecule has 0 aliphatic carbocycles. The number of hydrogen-bond acceptors (Lipinski definition) is 4. The Morgan fingerprint density at radius 2 is 1.96 bits per heavy atom. The van der Waals surface area contributed by atoms with Crippen LogP contribution in [0.4, 0.5) is 0 Å². The van der Waals surface area contributed by atoms with Crippen LogP contribution in [-0.4, -0.2) is 22.5 Å². The largest absolute Gasteiger partial charge is 0.488 e. The third-order valence-electron chi connectivity index (χ3n) is 3.91. The Labute approximate surface area is 138 Å². The van der Waals surface area contributed by atoms with Crippen LogP contribution in [0.5, 0.6) is 5.75 Å². The van der Waals surface area contributed by atoms with Gasteiger partial charge >= 0.3 is 0 Å². The van der Waals surface area contributed by atoms with Gasteiger partial charge in [-0.1, -0.05) is 30.3 Å². The van der Waals surface area contributed by atoms with Crippen molar-refractivity contribution in [2.24, 2.45) is 5.10 Å². The molecule has 0 spiro atoms. The van der Waals surface area contributed by atoms with Gasteiger partial charge in [0.15, 0.2) is 0 Å². The molecule has 1 aliphatic heterocycles. The van der Waals surface area contributed by atoms with Crippen LogP contribution in [-0.2, 0) is 0 Å². The number of hydrogen-bond donors (Lipinski definition) is 0. The third-order valence-corrected chi connectivity index (χ3v) is 3.91. The van der Waals surface area contributed by atoms with Gasteiger partial charge in [-0.15, -0.1) is 0 Å². The SMILES string of the molecule is Cc1nc2ccccc2c(=O)n1/N=C/C1=Cc2ccccc2OC1. The van der Waals surface area contributed by atoms with Crippen LogP contribution in [0.2, 0.25) is 0 Å². The van der Waals surface area contributed by atoms with Crippen molar-refractivity contribution in [3.8, 4) is 5.75 Å². The maximum absolute atomic E-state index is 12.6. The molecule has 2 aromatic carbocycles. The van der Waals surface area contributed by atoms with Gasteiger partial charge in [0.2, 0.25) is 0 Å². The van der Waals surface area contributed by atoms with Gasteiger partial charge in [-0.3, -0.25) is 4.79 Å². The molecular weight excluding hydrogens is 302 g/mol. The summed E-state index contributed by atoms with van der Waals surface area (Å²) in [7, 11) is 0. The van der Waals surface area contributed by atoms with Crippen molar-refractivity contribution >= 4 is 23.2 Å². The molecule has 0 amide bonds. The zero-order valence-corrected chi connectivity index (χ0v) is 13.1. The number of aromatic nitrogens is 2. The minimum absolute atomic E-state index is 0.174. The van der Waals surface area contributed by atoms with Crippen molar-refractivity contribution in [1.29, 1.82) is 0 Å². The van der Waals surface area contributed by atoms with E-state index in [0.29, 0.717) is 23.3 Å². The lowest BCUT2D eigenvalue weighted by molar-refractivity contribution is 0.353. The molecule has 3 aromatic rings. The molecule has 118 valence electrons. The van der Waals surface area contributed by atoms with Gasteiger partial charge in [0.25, 0.3) is 5.56 Å². The minimum atomic E-state index is -0.174. The highest BCUT2D eigenvalue weighted by molar-refractivity contribution is 5.87. The van der Waals surface area contributed by atoms with E-state index in [1.165, 1.54) is 4.68 Å². The summed E-state index contributed by atoms with van der Waals surface area (Å²) in [4.78, 5) is 17.0. The summed E-state index contributed by atoms with van der Waals surface area (Å²) < 4.78 is 7.02. The fourth-order valence-electron chi connectivity index (χ4n) is 2.71. The molecule has 1 aliphatic rings. The highest BCUT2D eigenvalue weighted by Gasteiger charge is 2.10. The highest BCUT2D eigenvalue weighted by Crippen LogP contribution is 2.24. The first-order valence-corrected chi connectivity index (χ1v) is 7.67. The molecule has 2 heterocycles. The highest BCUT2D eigenvalue weighted by atomic mass is 16.5. The summed E-state index contributed by atoms with van der Waals surface area (Å²) in [5.41, 5.74) is 2.41. The lowest BCUT2D eigenvalue weighted by Crippen LogP contribution is -2.21. The fourth-order valence-corrected chi connectivity index (χ4v) is 2.71. The van der Waals surface area contributed by atoms with Crippen LogP contribution in [0, 0.1) is 6.92 Å². The van der Waals surface area contributed by atoms with Gasteiger partial charge in [0, 0.05) is 11.1 Å². The molecule has 0 saturated heterocycles. The summed E-state index contributed by atoms with van der Waals surface area (Å²) in [6.07, 6.45) is 3.66. The summed E-state index contributed by atoms with van der Waals surface area (Å²) in [6.45, 7) is 2.20. The quantitative estimate of drug-likeness (QED) is 0.683. The molecule has 5 nitrogen and oxygen atoms in total. The molecule has 5 heteroatoms. The first kappa shape index (κ1) is 14.4. The molecular formula is C19H15N3O2. The summed E-state index contributed by atoms with van der Waals surface area (Å²) in [5.74, 6) is 1.41. The molecule has 0 bridgehead atoms. The second-order valence-corrected chi connectivity index (χ2v) is 5.58. The number of rotatable bonds is 2. The number of ether oxygens (including phenoxy) is 1. The van der Waals surface area contributed by atoms with Gasteiger partial charge in [-0.2, -0.15) is 9.78 Å². The number of aryl methyl sites for hydroxylation is 1. The minimum Gasteiger partial charge on any atom is -0.488 e. The van der Waals surface area contributed by atoms with Crippen LogP contribution in [0.3, 0.4) is 0 Å². The average molecular weight is 317 g/mol. The second-order valence-electron chi connectivity index (χ2n) is 5.58. The average Bonchev–Trinajstić information content (AvgIpc) is 2.61. The predicted octanol–water partition coefficient (Wildman–Crippen LogP) is 3.01. The molecule has 0 unspecified atom stereocenters. The standard InChI is InChI=1S/C19H15N3O2/c1-13-21-17-8-4-3-7-16(17)19(23)22(13)20-11-14-10-15-6-2-5-9-18(15)24-12-14/h2-11H,12H2,1H3/b20-11+. The number of nitrogens with zero attached hydrogens (tertiary/aromatic N) is 3. The third kappa shape index (κ3) is 2.50. The predicted molar refractivity (Wildman–Crippen MR) is 94.5 cm³/mol. The Balaban J connectivity index is 1.74. The Kier molecular flexibility index (Phi) is 3.46. The normalized spacial score (nSPS) is 13.6. The van der Waals surface area contributed by atoms with E-state index in [0.717, 1.165) is 16.9 Å². The summed E-state index contributed by atoms with van der Waals surface area (Å²) in [6, 6.07) is 15.1. The monoisotopic (exact) mass is 317 g/mol. The maximum atomic E-state index is 12.6. The van der Waals surface area contributed by atoms with E-state index < -0.39 is 0 Å². The van der Waals surface area contributed by atoms with Crippen LogP contribution in [0.25, 0.3) is 17.0 Å². The maximum Gasteiger partial charge on any atom is 0.282 e. The van der Waals surface area contributed by atoms with E-state index >= 15 is 0 Å². The van der Waals surface area contributed by atoms with E-state index in [4.69, 9.17) is 4.74 Å². The lowest BCUT2D eigenvalue weighted by Gasteiger charge is -2.15. The number of para-hydroxylation sites is 2. The first-order chi connectivity index (χ1) is 11.7. The Hall–Kier alpha value is -3.21. The molecule has 0 saturated carbocycles. The van der Waals surface area contributed by atoms with E-state index in [1.54, 1.807) is 19.2 Å². The van der Waals surface area contributed by atoms with Crippen molar-refractivity contribution in [2.75, 3.05) is 6.61 Å². The van der Waals surface area contributed by atoms with Crippen molar-refractivity contribution in [3.63, 3.8) is 0 Å². The van der Waals surface area contributed by atoms with Gasteiger partial charge in [0.05, 0.1) is 17.1 Å². The zero-order chi connectivity index (χ0) is 16.5. The number of benzene rings is 2. The fraction of sp³-hybridized carbons (Fsp3) is 0.105. The van der Waals surface area contributed by atoms with E-state index in [9.17, 15) is 4.79 Å². The van der Waals surface area contributed by atoms with Gasteiger partial charge in [-0.05, 0) is 31.2 Å².